The van der Waals surface area contributed by atoms with Crippen LogP contribution in [0.2, 0.25) is 0 Å². The Bertz CT molecular complexity index is 726. The van der Waals surface area contributed by atoms with E-state index in [2.05, 4.69) is 22.5 Å². The fraction of sp³-hybridized carbons (Fsp3) is 0.235. The lowest BCUT2D eigenvalue weighted by Crippen LogP contribution is -2.33. The minimum absolute atomic E-state index is 0.137. The van der Waals surface area contributed by atoms with Gasteiger partial charge in [-0.1, -0.05) is 52.8 Å². The fourth-order valence-corrected chi connectivity index (χ4v) is 3.02. The van der Waals surface area contributed by atoms with Crippen LogP contribution in [0.5, 0.6) is 0 Å². The topological polar surface area (TPSA) is 55.8 Å². The lowest BCUT2D eigenvalue weighted by Gasteiger charge is -2.28. The van der Waals surface area contributed by atoms with Gasteiger partial charge in [0.25, 0.3) is 0 Å². The zero-order valence-electron chi connectivity index (χ0n) is 12.4. The summed E-state index contributed by atoms with van der Waals surface area (Å²) in [6.45, 7) is 6.62. The largest absolute Gasteiger partial charge is 0.459 e. The zero-order chi connectivity index (χ0) is 16.3. The van der Waals surface area contributed by atoms with Gasteiger partial charge < -0.3 is 4.74 Å². The molecule has 1 N–H and O–H groups in total. The number of hydrogen-bond donors (Lipinski definition) is 1. The minimum atomic E-state index is -1.20. The van der Waals surface area contributed by atoms with Gasteiger partial charge in [-0.05, 0) is 30.7 Å². The number of carbonyl (C=O) groups is 1. The number of rotatable bonds is 5. The SMILES string of the molecule is C=C(C)C(=O)OCC(C)(OO)c1c(Br)ccc2ccccc12. The molecule has 0 heterocycles. The predicted molar refractivity (Wildman–Crippen MR) is 88.5 cm³/mol. The Morgan fingerprint density at radius 3 is 2.64 bits per heavy atom. The maximum atomic E-state index is 11.6. The van der Waals surface area contributed by atoms with Crippen molar-refractivity contribution < 1.29 is 19.7 Å². The number of halogens is 1. The van der Waals surface area contributed by atoms with Crippen LogP contribution in [0.15, 0.2) is 53.0 Å². The Morgan fingerprint density at radius 1 is 1.32 bits per heavy atom. The molecule has 0 aliphatic carbocycles. The standard InChI is InChI=1S/C17H17BrO4/c1-11(2)16(19)21-10-17(3,22-20)15-13-7-5-4-6-12(13)8-9-14(15)18/h4-9,20H,1,10H2,2-3H3. The Balaban J connectivity index is 2.48. The van der Waals surface area contributed by atoms with Crippen LogP contribution in [0.25, 0.3) is 10.8 Å². The summed E-state index contributed by atoms with van der Waals surface area (Å²) >= 11 is 3.48. The van der Waals surface area contributed by atoms with Gasteiger partial charge in [-0.2, -0.15) is 0 Å². The van der Waals surface area contributed by atoms with Crippen molar-refractivity contribution in [2.45, 2.75) is 19.4 Å². The molecule has 22 heavy (non-hydrogen) atoms. The molecule has 0 aromatic heterocycles. The third-order valence-electron chi connectivity index (χ3n) is 3.44. The van der Waals surface area contributed by atoms with Crippen molar-refractivity contribution in [3.63, 3.8) is 0 Å². The highest BCUT2D eigenvalue weighted by Gasteiger charge is 2.34. The summed E-state index contributed by atoms with van der Waals surface area (Å²) in [4.78, 5) is 16.3. The summed E-state index contributed by atoms with van der Waals surface area (Å²) in [5.74, 6) is -0.528. The first-order valence-electron chi connectivity index (χ1n) is 6.72. The summed E-state index contributed by atoms with van der Waals surface area (Å²) < 4.78 is 5.93. The second kappa shape index (κ2) is 6.60. The molecule has 4 nitrogen and oxygen atoms in total. The van der Waals surface area contributed by atoms with E-state index in [9.17, 15) is 10.1 Å². The molecular weight excluding hydrogens is 348 g/mol. The maximum absolute atomic E-state index is 11.6. The van der Waals surface area contributed by atoms with Crippen LogP contribution >= 0.6 is 15.9 Å². The first-order valence-corrected chi connectivity index (χ1v) is 7.51. The lowest BCUT2D eigenvalue weighted by atomic mass is 9.91. The molecule has 1 atom stereocenters. The summed E-state index contributed by atoms with van der Waals surface area (Å²) in [5.41, 5.74) is -0.204. The van der Waals surface area contributed by atoms with Gasteiger partial charge in [0, 0.05) is 15.6 Å². The Labute approximate surface area is 137 Å². The molecular formula is C17H17BrO4. The van der Waals surface area contributed by atoms with E-state index in [-0.39, 0.29) is 12.2 Å². The van der Waals surface area contributed by atoms with Crippen LogP contribution in [0, 0.1) is 0 Å². The van der Waals surface area contributed by atoms with Crippen molar-refractivity contribution in [3.05, 3.63) is 58.6 Å². The van der Waals surface area contributed by atoms with Crippen LogP contribution in [-0.2, 0) is 20.0 Å². The number of carbonyl (C=O) groups excluding carboxylic acids is 1. The molecule has 0 spiro atoms. The third kappa shape index (κ3) is 3.21. The first-order chi connectivity index (χ1) is 10.4. The predicted octanol–water partition coefficient (Wildman–Crippen LogP) is 4.43. The molecule has 116 valence electrons. The van der Waals surface area contributed by atoms with Gasteiger partial charge in [-0.25, -0.2) is 9.68 Å². The van der Waals surface area contributed by atoms with Gasteiger partial charge in [0.15, 0.2) is 5.60 Å². The average Bonchev–Trinajstić information content (AvgIpc) is 2.52. The number of benzene rings is 2. The zero-order valence-corrected chi connectivity index (χ0v) is 14.0. The monoisotopic (exact) mass is 364 g/mol. The van der Waals surface area contributed by atoms with Gasteiger partial charge in [0.05, 0.1) is 0 Å². The van der Waals surface area contributed by atoms with E-state index >= 15 is 0 Å². The molecule has 0 aliphatic heterocycles. The molecule has 0 radical (unpaired) electrons. The number of fused-ring (bicyclic) bond motifs is 1. The van der Waals surface area contributed by atoms with Crippen LogP contribution in [0.1, 0.15) is 19.4 Å². The highest BCUT2D eigenvalue weighted by molar-refractivity contribution is 9.10. The molecule has 0 saturated carbocycles. The Kier molecular flexibility index (Phi) is 5.01. The van der Waals surface area contributed by atoms with Gasteiger partial charge in [-0.15, -0.1) is 0 Å². The normalized spacial score (nSPS) is 13.6. The van der Waals surface area contributed by atoms with Crippen molar-refractivity contribution >= 4 is 32.7 Å². The van der Waals surface area contributed by atoms with Crippen molar-refractivity contribution in [1.82, 2.24) is 0 Å². The van der Waals surface area contributed by atoms with E-state index in [0.29, 0.717) is 5.56 Å². The van der Waals surface area contributed by atoms with Crippen molar-refractivity contribution in [2.75, 3.05) is 6.61 Å². The molecule has 0 bridgehead atoms. The van der Waals surface area contributed by atoms with E-state index in [0.717, 1.165) is 15.2 Å². The summed E-state index contributed by atoms with van der Waals surface area (Å²) in [6.07, 6.45) is 0. The van der Waals surface area contributed by atoms with Crippen molar-refractivity contribution in [2.24, 2.45) is 0 Å². The van der Waals surface area contributed by atoms with Crippen LogP contribution in [-0.4, -0.2) is 17.8 Å². The number of hydrogen-bond acceptors (Lipinski definition) is 4. The first kappa shape index (κ1) is 16.7. The van der Waals surface area contributed by atoms with Crippen LogP contribution in [0.4, 0.5) is 0 Å². The molecule has 0 amide bonds. The number of esters is 1. The highest BCUT2D eigenvalue weighted by atomic mass is 79.9. The molecule has 0 saturated heterocycles. The van der Waals surface area contributed by atoms with E-state index in [1.165, 1.54) is 0 Å². The van der Waals surface area contributed by atoms with Gasteiger partial charge in [-0.3, -0.25) is 5.26 Å². The third-order valence-corrected chi connectivity index (χ3v) is 4.10. The van der Waals surface area contributed by atoms with Gasteiger partial charge in [0.1, 0.15) is 6.61 Å². The smallest absolute Gasteiger partial charge is 0.333 e. The molecule has 1 unspecified atom stereocenters. The highest BCUT2D eigenvalue weighted by Crippen LogP contribution is 2.37. The van der Waals surface area contributed by atoms with Crippen molar-refractivity contribution in [1.29, 1.82) is 0 Å². The lowest BCUT2D eigenvalue weighted by molar-refractivity contribution is -0.331. The molecule has 2 aromatic rings. The summed E-state index contributed by atoms with van der Waals surface area (Å²) in [6, 6.07) is 11.5. The van der Waals surface area contributed by atoms with Crippen LogP contribution in [0.3, 0.4) is 0 Å². The Hall–Kier alpha value is -1.69. The maximum Gasteiger partial charge on any atom is 0.333 e. The number of ether oxygens (including phenoxy) is 1. The second-order valence-corrected chi connectivity index (χ2v) is 6.18. The average molecular weight is 365 g/mol. The molecule has 0 fully saturated rings. The quantitative estimate of drug-likeness (QED) is 0.369. The van der Waals surface area contributed by atoms with Crippen LogP contribution < -0.4 is 0 Å². The van der Waals surface area contributed by atoms with Gasteiger partial charge >= 0.3 is 5.97 Å². The van der Waals surface area contributed by atoms with Crippen molar-refractivity contribution in [3.8, 4) is 0 Å². The minimum Gasteiger partial charge on any atom is -0.459 e. The second-order valence-electron chi connectivity index (χ2n) is 5.32. The van der Waals surface area contributed by atoms with E-state index in [1.54, 1.807) is 13.8 Å². The van der Waals surface area contributed by atoms with Gasteiger partial charge in [0.2, 0.25) is 0 Å². The molecule has 2 aromatic carbocycles. The molecule has 5 heteroatoms. The molecule has 2 rings (SSSR count). The Morgan fingerprint density at radius 2 is 2.00 bits per heavy atom. The fourth-order valence-electron chi connectivity index (χ4n) is 2.25. The van der Waals surface area contributed by atoms with E-state index < -0.39 is 11.6 Å². The van der Waals surface area contributed by atoms with E-state index in [4.69, 9.17) is 9.62 Å². The molecule has 0 aliphatic rings. The van der Waals surface area contributed by atoms with E-state index in [1.807, 2.05) is 36.4 Å². The summed E-state index contributed by atoms with van der Waals surface area (Å²) in [7, 11) is 0. The summed E-state index contributed by atoms with van der Waals surface area (Å²) in [5, 5.41) is 11.3.